The van der Waals surface area contributed by atoms with E-state index in [2.05, 4.69) is 41.4 Å². The van der Waals surface area contributed by atoms with Crippen molar-refractivity contribution in [3.8, 4) is 0 Å². The molecule has 0 radical (unpaired) electrons. The van der Waals surface area contributed by atoms with E-state index < -0.39 is 0 Å². The number of hydrogen-bond donors (Lipinski definition) is 1. The zero-order chi connectivity index (χ0) is 20.9. The molecule has 1 amide bonds. The highest BCUT2D eigenvalue weighted by Crippen LogP contribution is 2.30. The van der Waals surface area contributed by atoms with Gasteiger partial charge in [0, 0.05) is 18.2 Å². The molecule has 0 atom stereocenters. The molecule has 0 spiro atoms. The molecule has 2 aromatic heterocycles. The maximum absolute atomic E-state index is 13.0. The summed E-state index contributed by atoms with van der Waals surface area (Å²) in [5.41, 5.74) is 4.92. The summed E-state index contributed by atoms with van der Waals surface area (Å²) in [6, 6.07) is 16.0. The van der Waals surface area contributed by atoms with Crippen LogP contribution in [-0.4, -0.2) is 28.9 Å². The molecule has 3 heterocycles. The second-order valence-corrected chi connectivity index (χ2v) is 8.18. The van der Waals surface area contributed by atoms with E-state index in [0.29, 0.717) is 18.0 Å². The Bertz CT molecular complexity index is 972. The quantitative estimate of drug-likeness (QED) is 0.653. The van der Waals surface area contributed by atoms with Gasteiger partial charge in [-0.1, -0.05) is 29.8 Å². The fraction of sp³-hybridized carbons (Fsp3) is 0.360. The Hall–Kier alpha value is -2.92. The number of pyridine rings is 1. The van der Waals surface area contributed by atoms with E-state index in [1.807, 2.05) is 31.2 Å². The van der Waals surface area contributed by atoms with Crippen LogP contribution in [0, 0.1) is 13.8 Å². The Labute approximate surface area is 178 Å². The zero-order valence-corrected chi connectivity index (χ0v) is 17.7. The van der Waals surface area contributed by atoms with Crippen LogP contribution in [0.25, 0.3) is 0 Å². The molecule has 1 N–H and O–H groups in total. The largest absolute Gasteiger partial charge is 0.468 e. The van der Waals surface area contributed by atoms with Crippen molar-refractivity contribution < 1.29 is 9.21 Å². The molecular formula is C25H29N3O2. The smallest absolute Gasteiger partial charge is 0.253 e. The third kappa shape index (κ3) is 4.97. The first-order chi connectivity index (χ1) is 14.6. The molecule has 0 bridgehead atoms. The number of carbonyl (C=O) groups is 1. The summed E-state index contributed by atoms with van der Waals surface area (Å²) in [6.45, 7) is 7.37. The van der Waals surface area contributed by atoms with E-state index in [4.69, 9.17) is 9.40 Å². The summed E-state index contributed by atoms with van der Waals surface area (Å²) in [7, 11) is 0. The third-order valence-corrected chi connectivity index (χ3v) is 5.82. The molecule has 0 unspecified atom stereocenters. The molecule has 1 aliphatic heterocycles. The van der Waals surface area contributed by atoms with Crippen molar-refractivity contribution >= 4 is 5.91 Å². The molecule has 0 saturated carbocycles. The number of rotatable bonds is 6. The Morgan fingerprint density at radius 3 is 2.57 bits per heavy atom. The molecule has 5 nitrogen and oxygen atoms in total. The third-order valence-electron chi connectivity index (χ3n) is 5.82. The minimum Gasteiger partial charge on any atom is -0.468 e. The lowest BCUT2D eigenvalue weighted by Gasteiger charge is -2.31. The summed E-state index contributed by atoms with van der Waals surface area (Å²) in [4.78, 5) is 20.2. The average molecular weight is 404 g/mol. The maximum Gasteiger partial charge on any atom is 0.253 e. The Morgan fingerprint density at radius 1 is 1.10 bits per heavy atom. The number of hydrogen-bond acceptors (Lipinski definition) is 4. The minimum absolute atomic E-state index is 0.0453. The first kappa shape index (κ1) is 20.4. The molecule has 5 heteroatoms. The first-order valence-corrected chi connectivity index (χ1v) is 10.6. The van der Waals surface area contributed by atoms with Gasteiger partial charge in [-0.3, -0.25) is 14.7 Å². The molecule has 4 rings (SSSR count). The number of benzene rings is 1. The van der Waals surface area contributed by atoms with Crippen molar-refractivity contribution in [3.05, 3.63) is 88.6 Å². The fourth-order valence-electron chi connectivity index (χ4n) is 4.05. The molecule has 30 heavy (non-hydrogen) atoms. The zero-order valence-electron chi connectivity index (χ0n) is 17.7. The summed E-state index contributed by atoms with van der Waals surface area (Å²) in [5, 5.41) is 3.07. The van der Waals surface area contributed by atoms with Crippen LogP contribution >= 0.6 is 0 Å². The van der Waals surface area contributed by atoms with Crippen molar-refractivity contribution in [1.82, 2.24) is 15.2 Å². The molecule has 1 aliphatic rings. The second kappa shape index (κ2) is 9.26. The van der Waals surface area contributed by atoms with Gasteiger partial charge >= 0.3 is 0 Å². The molecule has 3 aromatic rings. The van der Waals surface area contributed by atoms with Crippen LogP contribution in [0.3, 0.4) is 0 Å². The van der Waals surface area contributed by atoms with Crippen LogP contribution in [0.1, 0.15) is 57.4 Å². The number of likely N-dealkylation sites (tertiary alicyclic amines) is 1. The molecule has 1 aromatic carbocycles. The number of nitrogens with one attached hydrogen (secondary N) is 1. The van der Waals surface area contributed by atoms with E-state index in [0.717, 1.165) is 55.2 Å². The molecule has 1 fully saturated rings. The Kier molecular flexibility index (Phi) is 6.29. The number of piperidine rings is 1. The number of carbonyl (C=O) groups excluding carboxylic acids is 1. The van der Waals surface area contributed by atoms with Gasteiger partial charge in [-0.25, -0.2) is 0 Å². The van der Waals surface area contributed by atoms with Gasteiger partial charge in [0.2, 0.25) is 0 Å². The summed E-state index contributed by atoms with van der Waals surface area (Å²) >= 11 is 0. The van der Waals surface area contributed by atoms with Gasteiger partial charge in [-0.05, 0) is 69.6 Å². The van der Waals surface area contributed by atoms with Crippen molar-refractivity contribution in [2.75, 3.05) is 13.1 Å². The second-order valence-electron chi connectivity index (χ2n) is 8.18. The van der Waals surface area contributed by atoms with E-state index >= 15 is 0 Å². The van der Waals surface area contributed by atoms with Gasteiger partial charge < -0.3 is 9.73 Å². The van der Waals surface area contributed by atoms with Gasteiger partial charge in [-0.15, -0.1) is 0 Å². The normalized spacial score (nSPS) is 15.3. The highest BCUT2D eigenvalue weighted by molar-refractivity contribution is 5.95. The van der Waals surface area contributed by atoms with Crippen LogP contribution in [0.5, 0.6) is 0 Å². The van der Waals surface area contributed by atoms with Crippen molar-refractivity contribution in [2.24, 2.45) is 0 Å². The first-order valence-electron chi connectivity index (χ1n) is 10.6. The number of aromatic nitrogens is 1. The van der Waals surface area contributed by atoms with Crippen LogP contribution in [0.15, 0.2) is 59.2 Å². The number of furan rings is 1. The SMILES string of the molecule is Cc1ccc(CNC(=O)c2ccc(C)nc2C2CCN(Cc3ccco3)CC2)cc1. The average Bonchev–Trinajstić information content (AvgIpc) is 3.27. The van der Waals surface area contributed by atoms with E-state index in [9.17, 15) is 4.79 Å². The molecular weight excluding hydrogens is 374 g/mol. The van der Waals surface area contributed by atoms with Crippen molar-refractivity contribution in [1.29, 1.82) is 0 Å². The maximum atomic E-state index is 13.0. The van der Waals surface area contributed by atoms with Crippen LogP contribution < -0.4 is 5.32 Å². The van der Waals surface area contributed by atoms with E-state index in [1.54, 1.807) is 6.26 Å². The summed E-state index contributed by atoms with van der Waals surface area (Å²) in [5.74, 6) is 1.26. The van der Waals surface area contributed by atoms with Crippen molar-refractivity contribution in [2.45, 2.75) is 45.7 Å². The monoisotopic (exact) mass is 403 g/mol. The van der Waals surface area contributed by atoms with Gasteiger partial charge in [-0.2, -0.15) is 0 Å². The lowest BCUT2D eigenvalue weighted by molar-refractivity contribution is 0.0948. The van der Waals surface area contributed by atoms with Gasteiger partial charge in [0.1, 0.15) is 5.76 Å². The lowest BCUT2D eigenvalue weighted by Crippen LogP contribution is -2.33. The summed E-state index contributed by atoms with van der Waals surface area (Å²) < 4.78 is 5.48. The van der Waals surface area contributed by atoms with Gasteiger partial charge in [0.05, 0.1) is 24.1 Å². The van der Waals surface area contributed by atoms with Crippen LogP contribution in [-0.2, 0) is 13.1 Å². The van der Waals surface area contributed by atoms with Crippen LogP contribution in [0.2, 0.25) is 0 Å². The topological polar surface area (TPSA) is 58.4 Å². The van der Waals surface area contributed by atoms with Crippen LogP contribution in [0.4, 0.5) is 0 Å². The molecule has 0 aliphatic carbocycles. The minimum atomic E-state index is -0.0453. The predicted octanol–water partition coefficient (Wildman–Crippen LogP) is 4.60. The summed E-state index contributed by atoms with van der Waals surface area (Å²) in [6.07, 6.45) is 3.71. The molecule has 156 valence electrons. The lowest BCUT2D eigenvalue weighted by atomic mass is 9.89. The Morgan fingerprint density at radius 2 is 1.87 bits per heavy atom. The Balaban J connectivity index is 1.41. The highest BCUT2D eigenvalue weighted by Gasteiger charge is 2.26. The van der Waals surface area contributed by atoms with Gasteiger partial charge in [0.25, 0.3) is 5.91 Å². The number of amides is 1. The number of aryl methyl sites for hydroxylation is 2. The number of nitrogens with zero attached hydrogens (tertiary/aromatic N) is 2. The van der Waals surface area contributed by atoms with Gasteiger partial charge in [0.15, 0.2) is 0 Å². The standard InChI is InChI=1S/C25H29N3O2/c1-18-5-8-20(9-6-18)16-26-25(29)23-10-7-19(2)27-24(23)21-11-13-28(14-12-21)17-22-4-3-15-30-22/h3-10,15,21H,11-14,16-17H2,1-2H3,(H,26,29). The van der Waals surface area contributed by atoms with E-state index in [-0.39, 0.29) is 5.91 Å². The predicted molar refractivity (Wildman–Crippen MR) is 117 cm³/mol. The van der Waals surface area contributed by atoms with Crippen molar-refractivity contribution in [3.63, 3.8) is 0 Å². The highest BCUT2D eigenvalue weighted by atomic mass is 16.3. The fourth-order valence-corrected chi connectivity index (χ4v) is 4.05. The van der Waals surface area contributed by atoms with E-state index in [1.165, 1.54) is 5.56 Å². The molecule has 1 saturated heterocycles.